The van der Waals surface area contributed by atoms with Crippen molar-refractivity contribution in [2.45, 2.75) is 12.8 Å². The number of rotatable bonds is 7. The molecule has 25 heavy (non-hydrogen) atoms. The van der Waals surface area contributed by atoms with Crippen LogP contribution in [0.3, 0.4) is 0 Å². The van der Waals surface area contributed by atoms with Gasteiger partial charge < -0.3 is 15.5 Å². The number of nitrogens with one attached hydrogen (secondary N) is 2. The molecule has 2 N–H and O–H groups in total. The minimum absolute atomic E-state index is 0.937. The maximum atomic E-state index is 4.62. The van der Waals surface area contributed by atoms with Crippen LogP contribution in [0.1, 0.15) is 16.9 Å². The molecule has 1 aromatic carbocycles. The molecule has 4 nitrogen and oxygen atoms in total. The molecule has 0 saturated heterocycles. The number of aryl methyl sites for hydroxylation is 1. The minimum Gasteiger partial charge on any atom is -0.384 e. The third kappa shape index (κ3) is 3.78. The third-order valence-electron chi connectivity index (χ3n) is 4.83. The lowest BCUT2D eigenvalue weighted by Gasteiger charge is -2.16. The zero-order valence-electron chi connectivity index (χ0n) is 14.4. The minimum atomic E-state index is 0.937. The fraction of sp³-hybridized carbons (Fsp3) is 0.350. The molecular weight excluding hydrogens is 328 g/mol. The van der Waals surface area contributed by atoms with Crippen LogP contribution in [0.25, 0.3) is 5.70 Å². The average molecular weight is 353 g/mol. The van der Waals surface area contributed by atoms with Crippen LogP contribution in [-0.4, -0.2) is 37.7 Å². The van der Waals surface area contributed by atoms with E-state index in [1.54, 1.807) is 22.5 Å². The van der Waals surface area contributed by atoms with Gasteiger partial charge in [0.2, 0.25) is 0 Å². The van der Waals surface area contributed by atoms with Gasteiger partial charge in [0, 0.05) is 44.6 Å². The molecule has 3 heterocycles. The summed E-state index contributed by atoms with van der Waals surface area (Å²) in [6.45, 7) is 9.25. The van der Waals surface area contributed by atoms with E-state index in [4.69, 9.17) is 0 Å². The van der Waals surface area contributed by atoms with Crippen molar-refractivity contribution in [2.24, 2.45) is 0 Å². The van der Waals surface area contributed by atoms with Crippen molar-refractivity contribution in [1.82, 2.24) is 15.6 Å². The number of benzene rings is 1. The molecule has 2 aliphatic heterocycles. The van der Waals surface area contributed by atoms with Crippen molar-refractivity contribution in [1.29, 1.82) is 0 Å². The van der Waals surface area contributed by atoms with E-state index < -0.39 is 0 Å². The molecular formula is C20H24N4S. The SMILES string of the molecule is C=C(NCCCc1ccccc1)c1cnc(N2CC3=C(CNC3)C2)s1. The molecule has 0 fully saturated rings. The van der Waals surface area contributed by atoms with Crippen LogP contribution in [0.4, 0.5) is 5.13 Å². The molecule has 0 spiro atoms. The van der Waals surface area contributed by atoms with Gasteiger partial charge in [-0.3, -0.25) is 0 Å². The molecule has 2 aromatic rings. The standard InChI is InChI=1S/C20H24N4S/c1-15(22-9-5-8-16-6-3-2-4-7-16)19-12-23-20(25-19)24-13-17-10-21-11-18(17)14-24/h2-4,6-7,12,21-22H,1,5,8-11,13-14H2. The summed E-state index contributed by atoms with van der Waals surface area (Å²) in [4.78, 5) is 8.14. The van der Waals surface area contributed by atoms with Crippen LogP contribution in [0.2, 0.25) is 0 Å². The average Bonchev–Trinajstić information content (AvgIpc) is 3.34. The Kier molecular flexibility index (Phi) is 4.85. The monoisotopic (exact) mass is 352 g/mol. The Balaban J connectivity index is 1.25. The van der Waals surface area contributed by atoms with Gasteiger partial charge in [-0.2, -0.15) is 0 Å². The second kappa shape index (κ2) is 7.42. The Morgan fingerprint density at radius 3 is 2.72 bits per heavy atom. The van der Waals surface area contributed by atoms with Gasteiger partial charge >= 0.3 is 0 Å². The van der Waals surface area contributed by atoms with E-state index in [1.165, 1.54) is 5.56 Å². The summed E-state index contributed by atoms with van der Waals surface area (Å²) in [5.74, 6) is 0. The van der Waals surface area contributed by atoms with Crippen LogP contribution in [0, 0.1) is 0 Å². The van der Waals surface area contributed by atoms with Crippen molar-refractivity contribution in [3.63, 3.8) is 0 Å². The maximum absolute atomic E-state index is 4.62. The summed E-state index contributed by atoms with van der Waals surface area (Å²) in [5, 5.41) is 7.98. The predicted molar refractivity (Wildman–Crippen MR) is 106 cm³/mol. The number of anilines is 1. The quantitative estimate of drug-likeness (QED) is 0.593. The number of hydrogen-bond donors (Lipinski definition) is 2. The fourth-order valence-electron chi connectivity index (χ4n) is 3.42. The van der Waals surface area contributed by atoms with Gasteiger partial charge in [-0.05, 0) is 29.6 Å². The number of aromatic nitrogens is 1. The first-order valence-corrected chi connectivity index (χ1v) is 9.69. The largest absolute Gasteiger partial charge is 0.384 e. The van der Waals surface area contributed by atoms with Crippen molar-refractivity contribution in [2.75, 3.05) is 37.6 Å². The molecule has 0 aliphatic carbocycles. The zero-order chi connectivity index (χ0) is 17.1. The van der Waals surface area contributed by atoms with Gasteiger partial charge in [-0.15, -0.1) is 0 Å². The molecule has 5 heteroatoms. The lowest BCUT2D eigenvalue weighted by atomic mass is 10.1. The van der Waals surface area contributed by atoms with Crippen molar-refractivity contribution >= 4 is 22.2 Å². The fourth-order valence-corrected chi connectivity index (χ4v) is 4.28. The van der Waals surface area contributed by atoms with Gasteiger partial charge in [-0.1, -0.05) is 48.2 Å². The van der Waals surface area contributed by atoms with Crippen molar-refractivity contribution < 1.29 is 0 Å². The number of nitrogens with zero attached hydrogens (tertiary/aromatic N) is 2. The molecule has 0 amide bonds. The first kappa shape index (κ1) is 16.4. The van der Waals surface area contributed by atoms with Crippen LogP contribution < -0.4 is 15.5 Å². The second-order valence-corrected chi connectivity index (χ2v) is 7.68. The summed E-state index contributed by atoms with van der Waals surface area (Å²) in [7, 11) is 0. The summed E-state index contributed by atoms with van der Waals surface area (Å²) in [6.07, 6.45) is 4.15. The van der Waals surface area contributed by atoms with Gasteiger partial charge in [0.1, 0.15) is 0 Å². The Labute approximate surface area is 153 Å². The van der Waals surface area contributed by atoms with E-state index in [0.29, 0.717) is 0 Å². The van der Waals surface area contributed by atoms with Crippen LogP contribution in [0.5, 0.6) is 0 Å². The molecule has 0 atom stereocenters. The highest BCUT2D eigenvalue weighted by Crippen LogP contribution is 2.31. The first-order chi connectivity index (χ1) is 12.3. The van der Waals surface area contributed by atoms with Crippen molar-refractivity contribution in [3.8, 4) is 0 Å². The van der Waals surface area contributed by atoms with Gasteiger partial charge in [0.25, 0.3) is 0 Å². The van der Waals surface area contributed by atoms with Gasteiger partial charge in [-0.25, -0.2) is 4.98 Å². The smallest absolute Gasteiger partial charge is 0.186 e. The zero-order valence-corrected chi connectivity index (χ0v) is 15.2. The Hall–Kier alpha value is -2.11. The molecule has 0 unspecified atom stereocenters. The molecule has 130 valence electrons. The Morgan fingerprint density at radius 1 is 1.20 bits per heavy atom. The number of hydrogen-bond acceptors (Lipinski definition) is 5. The van der Waals surface area contributed by atoms with Crippen LogP contribution >= 0.6 is 11.3 Å². The van der Waals surface area contributed by atoms with Crippen LogP contribution in [0.15, 0.2) is 54.3 Å². The normalized spacial score (nSPS) is 16.4. The molecule has 2 aliphatic rings. The highest BCUT2D eigenvalue weighted by atomic mass is 32.1. The summed E-state index contributed by atoms with van der Waals surface area (Å²) in [5.41, 5.74) is 5.47. The molecule has 0 saturated carbocycles. The number of thiazole rings is 1. The summed E-state index contributed by atoms with van der Waals surface area (Å²) in [6, 6.07) is 10.6. The van der Waals surface area contributed by atoms with E-state index in [1.807, 2.05) is 6.20 Å². The summed E-state index contributed by atoms with van der Waals surface area (Å²) < 4.78 is 0. The van der Waals surface area contributed by atoms with E-state index in [0.717, 1.165) is 61.3 Å². The molecule has 1 aromatic heterocycles. The van der Waals surface area contributed by atoms with E-state index in [9.17, 15) is 0 Å². The lowest BCUT2D eigenvalue weighted by molar-refractivity contribution is 0.763. The highest BCUT2D eigenvalue weighted by molar-refractivity contribution is 7.16. The summed E-state index contributed by atoms with van der Waals surface area (Å²) >= 11 is 1.74. The third-order valence-corrected chi connectivity index (χ3v) is 5.94. The van der Waals surface area contributed by atoms with E-state index in [-0.39, 0.29) is 0 Å². The lowest BCUT2D eigenvalue weighted by Crippen LogP contribution is -2.26. The van der Waals surface area contributed by atoms with Gasteiger partial charge in [0.05, 0.1) is 4.88 Å². The Bertz CT molecular complexity index is 762. The van der Waals surface area contributed by atoms with E-state index in [2.05, 4.69) is 57.4 Å². The molecule has 4 rings (SSSR count). The maximum Gasteiger partial charge on any atom is 0.186 e. The Morgan fingerprint density at radius 2 is 1.96 bits per heavy atom. The van der Waals surface area contributed by atoms with Gasteiger partial charge in [0.15, 0.2) is 5.13 Å². The molecule has 0 radical (unpaired) electrons. The highest BCUT2D eigenvalue weighted by Gasteiger charge is 2.26. The first-order valence-electron chi connectivity index (χ1n) is 8.88. The van der Waals surface area contributed by atoms with Crippen molar-refractivity contribution in [3.05, 3.63) is 64.7 Å². The molecule has 0 bridgehead atoms. The second-order valence-electron chi connectivity index (χ2n) is 6.67. The predicted octanol–water partition coefficient (Wildman–Crippen LogP) is 3.06. The van der Waals surface area contributed by atoms with Crippen LogP contribution in [-0.2, 0) is 6.42 Å². The topological polar surface area (TPSA) is 40.2 Å². The van der Waals surface area contributed by atoms with E-state index >= 15 is 0 Å².